The smallest absolute Gasteiger partial charge is 0.223 e. The van der Waals surface area contributed by atoms with E-state index in [0.29, 0.717) is 19.5 Å². The van der Waals surface area contributed by atoms with Crippen molar-refractivity contribution in [2.45, 2.75) is 19.8 Å². The maximum atomic E-state index is 13.1. The number of amides is 1. The van der Waals surface area contributed by atoms with Gasteiger partial charge in [0.1, 0.15) is 5.82 Å². The Kier molecular flexibility index (Phi) is 5.73. The summed E-state index contributed by atoms with van der Waals surface area (Å²) in [6.07, 6.45) is 1.24. The number of carbonyl (C=O) groups excluding carboxylic acids is 1. The predicted octanol–water partition coefficient (Wildman–Crippen LogP) is 4.60. The lowest BCUT2D eigenvalue weighted by molar-refractivity contribution is -0.131. The van der Waals surface area contributed by atoms with E-state index in [9.17, 15) is 9.18 Å². The van der Waals surface area contributed by atoms with E-state index in [1.165, 1.54) is 21.9 Å². The first-order chi connectivity index (χ1) is 13.6. The van der Waals surface area contributed by atoms with Crippen molar-refractivity contribution in [1.29, 1.82) is 0 Å². The summed E-state index contributed by atoms with van der Waals surface area (Å²) in [5.41, 5.74) is 2.04. The number of aromatic nitrogens is 1. The topological polar surface area (TPSA) is 36.4 Å². The Labute approximate surface area is 172 Å². The Bertz CT molecular complexity index is 929. The SMILES string of the molecule is Cc1nc(-c2cccs2)c(CCC(=O)N2CCN(c3ccc(F)cc3)CC2)s1. The third-order valence-corrected chi connectivity index (χ3v) is 6.86. The molecule has 4 nitrogen and oxygen atoms in total. The summed E-state index contributed by atoms with van der Waals surface area (Å²) >= 11 is 3.37. The van der Waals surface area contributed by atoms with Crippen LogP contribution in [0.5, 0.6) is 0 Å². The van der Waals surface area contributed by atoms with E-state index in [1.807, 2.05) is 17.9 Å². The summed E-state index contributed by atoms with van der Waals surface area (Å²) in [5.74, 6) is -0.0280. The van der Waals surface area contributed by atoms with Crippen molar-refractivity contribution in [3.63, 3.8) is 0 Å². The Hall–Kier alpha value is -2.25. The quantitative estimate of drug-likeness (QED) is 0.611. The third kappa shape index (κ3) is 4.25. The molecule has 1 aromatic carbocycles. The molecule has 0 N–H and O–H groups in total. The molecule has 0 unspecified atom stereocenters. The molecule has 1 fully saturated rings. The van der Waals surface area contributed by atoms with Crippen molar-refractivity contribution in [2.75, 3.05) is 31.1 Å². The van der Waals surface area contributed by atoms with Crippen molar-refractivity contribution >= 4 is 34.3 Å². The zero-order valence-electron chi connectivity index (χ0n) is 15.7. The van der Waals surface area contributed by atoms with E-state index in [0.717, 1.165) is 35.9 Å². The fourth-order valence-corrected chi connectivity index (χ4v) is 5.24. The Balaban J connectivity index is 1.33. The zero-order valence-corrected chi connectivity index (χ0v) is 17.4. The number of anilines is 1. The molecule has 0 atom stereocenters. The average Bonchev–Trinajstić information content (AvgIpc) is 3.36. The summed E-state index contributed by atoms with van der Waals surface area (Å²) in [4.78, 5) is 23.9. The predicted molar refractivity (Wildman–Crippen MR) is 114 cm³/mol. The molecule has 28 heavy (non-hydrogen) atoms. The van der Waals surface area contributed by atoms with Gasteiger partial charge in [-0.2, -0.15) is 0 Å². The lowest BCUT2D eigenvalue weighted by Gasteiger charge is -2.36. The second kappa shape index (κ2) is 8.41. The van der Waals surface area contributed by atoms with Crippen LogP contribution in [0.2, 0.25) is 0 Å². The molecule has 3 aromatic rings. The van der Waals surface area contributed by atoms with Gasteiger partial charge in [-0.15, -0.1) is 22.7 Å². The third-order valence-electron chi connectivity index (χ3n) is 4.95. The first-order valence-corrected chi connectivity index (χ1v) is 11.1. The van der Waals surface area contributed by atoms with Crippen molar-refractivity contribution in [3.05, 3.63) is 57.5 Å². The standard InChI is InChI=1S/C21H22FN3OS2/c1-15-23-21(18-3-2-14-27-18)19(28-15)8-9-20(26)25-12-10-24(11-13-25)17-6-4-16(22)5-7-17/h2-7,14H,8-13H2,1H3. The van der Waals surface area contributed by atoms with E-state index in [4.69, 9.17) is 0 Å². The van der Waals surface area contributed by atoms with Crippen LogP contribution >= 0.6 is 22.7 Å². The molecule has 0 saturated carbocycles. The zero-order chi connectivity index (χ0) is 19.5. The van der Waals surface area contributed by atoms with E-state index in [1.54, 1.807) is 34.8 Å². The van der Waals surface area contributed by atoms with Gasteiger partial charge in [0.15, 0.2) is 0 Å². The van der Waals surface area contributed by atoms with E-state index >= 15 is 0 Å². The summed E-state index contributed by atoms with van der Waals surface area (Å²) in [7, 11) is 0. The van der Waals surface area contributed by atoms with Gasteiger partial charge >= 0.3 is 0 Å². The monoisotopic (exact) mass is 415 g/mol. The van der Waals surface area contributed by atoms with Crippen LogP contribution in [0, 0.1) is 12.7 Å². The maximum Gasteiger partial charge on any atom is 0.223 e. The molecule has 0 radical (unpaired) electrons. The molecular weight excluding hydrogens is 393 g/mol. The van der Waals surface area contributed by atoms with Gasteiger partial charge in [0.2, 0.25) is 5.91 Å². The summed E-state index contributed by atoms with van der Waals surface area (Å²) in [6.45, 7) is 4.97. The molecule has 4 rings (SSSR count). The minimum Gasteiger partial charge on any atom is -0.368 e. The van der Waals surface area contributed by atoms with Crippen molar-refractivity contribution in [1.82, 2.24) is 9.88 Å². The van der Waals surface area contributed by atoms with Crippen LogP contribution in [0.3, 0.4) is 0 Å². The largest absolute Gasteiger partial charge is 0.368 e. The normalized spacial score (nSPS) is 14.5. The number of halogens is 1. The maximum absolute atomic E-state index is 13.1. The van der Waals surface area contributed by atoms with E-state index < -0.39 is 0 Å². The van der Waals surface area contributed by atoms with Gasteiger partial charge in [-0.25, -0.2) is 9.37 Å². The molecule has 3 heterocycles. The van der Waals surface area contributed by atoms with Crippen LogP contribution in [0.25, 0.3) is 10.6 Å². The number of aryl methyl sites for hydroxylation is 2. The van der Waals surface area contributed by atoms with Crippen LogP contribution in [0.1, 0.15) is 16.3 Å². The molecule has 1 saturated heterocycles. The Morgan fingerprint density at radius 3 is 2.57 bits per heavy atom. The molecular formula is C21H22FN3OS2. The van der Waals surface area contributed by atoms with Gasteiger partial charge in [-0.1, -0.05) is 6.07 Å². The number of carbonyl (C=O) groups is 1. The van der Waals surface area contributed by atoms with Crippen LogP contribution in [0.15, 0.2) is 41.8 Å². The highest BCUT2D eigenvalue weighted by Gasteiger charge is 2.22. The van der Waals surface area contributed by atoms with E-state index in [2.05, 4.69) is 21.3 Å². The highest BCUT2D eigenvalue weighted by Crippen LogP contribution is 2.32. The van der Waals surface area contributed by atoms with Crippen LogP contribution < -0.4 is 4.90 Å². The minimum atomic E-state index is -0.224. The first kappa shape index (κ1) is 19.1. The lowest BCUT2D eigenvalue weighted by atomic mass is 10.2. The number of rotatable bonds is 5. The molecule has 1 aliphatic rings. The van der Waals surface area contributed by atoms with Crippen molar-refractivity contribution in [2.24, 2.45) is 0 Å². The van der Waals surface area contributed by atoms with Gasteiger partial charge < -0.3 is 9.80 Å². The highest BCUT2D eigenvalue weighted by atomic mass is 32.1. The van der Waals surface area contributed by atoms with E-state index in [-0.39, 0.29) is 11.7 Å². The fourth-order valence-electron chi connectivity index (χ4n) is 3.49. The van der Waals surface area contributed by atoms with Gasteiger partial charge in [-0.05, 0) is 49.1 Å². The summed E-state index contributed by atoms with van der Waals surface area (Å²) < 4.78 is 13.1. The second-order valence-corrected chi connectivity index (χ2v) is 9.06. The highest BCUT2D eigenvalue weighted by molar-refractivity contribution is 7.15. The number of hydrogen-bond donors (Lipinski definition) is 0. The number of thiophene rings is 1. The number of thiazole rings is 1. The van der Waals surface area contributed by atoms with Crippen LogP contribution in [-0.4, -0.2) is 42.0 Å². The molecule has 0 aliphatic carbocycles. The molecule has 7 heteroatoms. The fraction of sp³-hybridized carbons (Fsp3) is 0.333. The van der Waals surface area contributed by atoms with Gasteiger partial charge in [0.25, 0.3) is 0 Å². The average molecular weight is 416 g/mol. The number of hydrogen-bond acceptors (Lipinski definition) is 5. The Morgan fingerprint density at radius 1 is 1.14 bits per heavy atom. The first-order valence-electron chi connectivity index (χ1n) is 9.38. The van der Waals surface area contributed by atoms with Gasteiger partial charge in [0, 0.05) is 43.2 Å². The van der Waals surface area contributed by atoms with Gasteiger partial charge in [-0.3, -0.25) is 4.79 Å². The van der Waals surface area contributed by atoms with Gasteiger partial charge in [0.05, 0.1) is 15.6 Å². The Morgan fingerprint density at radius 2 is 1.89 bits per heavy atom. The van der Waals surface area contributed by atoms with Crippen LogP contribution in [-0.2, 0) is 11.2 Å². The molecule has 0 spiro atoms. The molecule has 1 aliphatic heterocycles. The van der Waals surface area contributed by atoms with Crippen molar-refractivity contribution in [3.8, 4) is 10.6 Å². The van der Waals surface area contributed by atoms with Crippen molar-refractivity contribution < 1.29 is 9.18 Å². The molecule has 1 amide bonds. The lowest BCUT2D eigenvalue weighted by Crippen LogP contribution is -2.48. The number of benzene rings is 1. The van der Waals surface area contributed by atoms with Crippen LogP contribution in [0.4, 0.5) is 10.1 Å². The second-order valence-electron chi connectivity index (χ2n) is 6.83. The molecule has 146 valence electrons. The molecule has 2 aromatic heterocycles. The molecule has 0 bridgehead atoms. The summed E-state index contributed by atoms with van der Waals surface area (Å²) in [6, 6.07) is 10.7. The number of nitrogens with zero attached hydrogens (tertiary/aromatic N) is 3. The number of piperazine rings is 1. The minimum absolute atomic E-state index is 0.196. The summed E-state index contributed by atoms with van der Waals surface area (Å²) in [5, 5.41) is 3.10.